The van der Waals surface area contributed by atoms with Crippen molar-refractivity contribution in [3.05, 3.63) is 60.2 Å². The van der Waals surface area contributed by atoms with Gasteiger partial charge in [0.25, 0.3) is 0 Å². The number of aliphatic hydroxyl groups excluding tert-OH is 1. The molecule has 3 fully saturated rings. The molecule has 1 aromatic rings. The van der Waals surface area contributed by atoms with Gasteiger partial charge in [-0.15, -0.1) is 0 Å². The summed E-state index contributed by atoms with van der Waals surface area (Å²) in [4.78, 5) is 60.9. The predicted molar refractivity (Wildman–Crippen MR) is 181 cm³/mol. The van der Waals surface area contributed by atoms with Gasteiger partial charge in [0.05, 0.1) is 37.3 Å². The van der Waals surface area contributed by atoms with E-state index in [1.807, 2.05) is 67.3 Å². The average Bonchev–Trinajstić information content (AvgIpc) is 3.75. The van der Waals surface area contributed by atoms with E-state index in [2.05, 4.69) is 5.32 Å². The highest BCUT2D eigenvalue weighted by atomic mass is 16.6. The third-order valence-electron chi connectivity index (χ3n) is 10.9. The van der Waals surface area contributed by atoms with Crippen molar-refractivity contribution in [1.29, 1.82) is 0 Å². The molecule has 49 heavy (non-hydrogen) atoms. The molecule has 0 aromatic heterocycles. The highest BCUT2D eigenvalue weighted by molar-refractivity contribution is 5.99. The number of nitrogens with one attached hydrogen (secondary N) is 1. The molecule has 2 saturated heterocycles. The number of allylic oxidation sites excluding steroid dienone is 1. The molecule has 1 aromatic carbocycles. The van der Waals surface area contributed by atoms with Gasteiger partial charge >= 0.3 is 5.97 Å². The fraction of sp³-hybridized carbons (Fsp3) is 0.632. The number of amides is 3. The number of carbonyl (C=O) groups is 4. The Kier molecular flexibility index (Phi) is 10.9. The normalized spacial score (nSPS) is 33.9. The summed E-state index contributed by atoms with van der Waals surface area (Å²) < 4.78 is 18.5. The van der Waals surface area contributed by atoms with E-state index in [9.17, 15) is 19.5 Å². The number of methoxy groups -OCH3 is 1. The first-order valence-corrected chi connectivity index (χ1v) is 18.0. The van der Waals surface area contributed by atoms with Crippen LogP contribution in [0.2, 0.25) is 0 Å². The van der Waals surface area contributed by atoms with E-state index in [-0.39, 0.29) is 49.3 Å². The van der Waals surface area contributed by atoms with E-state index < -0.39 is 53.7 Å². The Balaban J connectivity index is 1.46. The smallest absolute Gasteiger partial charge is 0.313 e. The third-order valence-corrected chi connectivity index (χ3v) is 10.9. The van der Waals surface area contributed by atoms with E-state index in [1.165, 1.54) is 7.11 Å². The maximum Gasteiger partial charge on any atom is 0.313 e. The van der Waals surface area contributed by atoms with Gasteiger partial charge in [-0.25, -0.2) is 0 Å². The zero-order valence-electron chi connectivity index (χ0n) is 28.9. The van der Waals surface area contributed by atoms with E-state index in [0.29, 0.717) is 24.9 Å². The summed E-state index contributed by atoms with van der Waals surface area (Å²) in [5.41, 5.74) is -0.724. The van der Waals surface area contributed by atoms with Gasteiger partial charge in [-0.1, -0.05) is 87.7 Å². The largest absolute Gasteiger partial charge is 0.455 e. The van der Waals surface area contributed by atoms with Crippen molar-refractivity contribution in [3.63, 3.8) is 0 Å². The Morgan fingerprint density at radius 2 is 1.80 bits per heavy atom. The van der Waals surface area contributed by atoms with Crippen LogP contribution in [0, 0.1) is 17.8 Å². The van der Waals surface area contributed by atoms with Crippen molar-refractivity contribution in [2.45, 2.75) is 107 Å². The molecule has 1 saturated carbocycles. The first kappa shape index (κ1) is 35.3. The first-order valence-electron chi connectivity index (χ1n) is 18.0. The highest BCUT2D eigenvalue weighted by Gasteiger charge is 2.74. The number of rotatable bonds is 8. The molecule has 0 unspecified atom stereocenters. The number of hydrogen-bond acceptors (Lipinski definition) is 8. The number of ether oxygens (including phenoxy) is 3. The van der Waals surface area contributed by atoms with E-state index in [1.54, 1.807) is 11.0 Å². The van der Waals surface area contributed by atoms with Crippen LogP contribution < -0.4 is 5.32 Å². The van der Waals surface area contributed by atoms with Crippen molar-refractivity contribution in [2.24, 2.45) is 17.8 Å². The summed E-state index contributed by atoms with van der Waals surface area (Å²) in [6.45, 7) is 4.11. The summed E-state index contributed by atoms with van der Waals surface area (Å²) >= 11 is 0. The molecule has 11 nitrogen and oxygen atoms in total. The second-order valence-electron chi connectivity index (χ2n) is 14.6. The van der Waals surface area contributed by atoms with E-state index in [0.717, 1.165) is 32.1 Å². The molecule has 4 heterocycles. The Bertz CT molecular complexity index is 1420. The fourth-order valence-electron chi connectivity index (χ4n) is 8.75. The van der Waals surface area contributed by atoms with Crippen molar-refractivity contribution in [1.82, 2.24) is 15.1 Å². The summed E-state index contributed by atoms with van der Waals surface area (Å²) in [6, 6.07) is 6.75. The van der Waals surface area contributed by atoms with Crippen LogP contribution in [0.3, 0.4) is 0 Å². The van der Waals surface area contributed by atoms with Crippen LogP contribution in [-0.4, -0.2) is 101 Å². The van der Waals surface area contributed by atoms with Crippen molar-refractivity contribution in [2.75, 3.05) is 26.9 Å². The molecular formula is C38H51N3O8. The molecule has 4 aliphatic heterocycles. The maximum atomic E-state index is 15.1. The molecule has 1 spiro atoms. The van der Waals surface area contributed by atoms with Crippen LogP contribution in [0.1, 0.15) is 76.9 Å². The minimum atomic E-state index is -1.39. The minimum absolute atomic E-state index is 0.0221. The predicted octanol–water partition coefficient (Wildman–Crippen LogP) is 3.47. The molecule has 2 N–H and O–H groups in total. The number of benzene rings is 1. The SMILES string of the molecule is COC[C@H]1NC(=O)CC/C=C\CN(C2CCCCC2)C(=O)[C@@H]2N([C@@H](CO)CC(C)C)C(=O)[C@H]3[C@H](C(=O)O[C@@H]1c1ccccc1)[C@@H]1C=C[C@]23O1. The molecular weight excluding hydrogens is 626 g/mol. The van der Waals surface area contributed by atoms with Crippen molar-refractivity contribution < 1.29 is 38.5 Å². The summed E-state index contributed by atoms with van der Waals surface area (Å²) in [5.74, 6) is -3.40. The average molecular weight is 678 g/mol. The van der Waals surface area contributed by atoms with Gasteiger partial charge in [-0.3, -0.25) is 19.2 Å². The highest BCUT2D eigenvalue weighted by Crippen LogP contribution is 2.56. The maximum absolute atomic E-state index is 15.1. The van der Waals surface area contributed by atoms with Crippen LogP contribution >= 0.6 is 0 Å². The minimum Gasteiger partial charge on any atom is -0.455 e. The van der Waals surface area contributed by atoms with Gasteiger partial charge in [-0.2, -0.15) is 0 Å². The molecule has 8 atom stereocenters. The molecule has 1 aliphatic carbocycles. The van der Waals surface area contributed by atoms with Gasteiger partial charge in [-0.05, 0) is 37.2 Å². The third kappa shape index (κ3) is 6.81. The molecule has 11 heteroatoms. The van der Waals surface area contributed by atoms with Crippen molar-refractivity contribution >= 4 is 23.7 Å². The molecule has 6 rings (SSSR count). The fourth-order valence-corrected chi connectivity index (χ4v) is 8.75. The summed E-state index contributed by atoms with van der Waals surface area (Å²) in [7, 11) is 1.52. The number of nitrogens with zero attached hydrogens (tertiary/aromatic N) is 2. The molecule has 0 radical (unpaired) electrons. The molecule has 3 amide bonds. The van der Waals surface area contributed by atoms with Crippen molar-refractivity contribution in [3.8, 4) is 0 Å². The number of fused-ring (bicyclic) bond motifs is 2. The Hall–Kier alpha value is -3.54. The van der Waals surface area contributed by atoms with Gasteiger partial charge in [0.15, 0.2) is 0 Å². The molecule has 5 bridgehead atoms. The Morgan fingerprint density at radius 3 is 2.49 bits per heavy atom. The lowest BCUT2D eigenvalue weighted by molar-refractivity contribution is -0.163. The summed E-state index contributed by atoms with van der Waals surface area (Å²) in [5, 5.41) is 13.7. The van der Waals surface area contributed by atoms with Gasteiger partial charge < -0.3 is 34.4 Å². The second kappa shape index (κ2) is 15.1. The second-order valence-corrected chi connectivity index (χ2v) is 14.6. The molecule has 5 aliphatic rings. The zero-order valence-corrected chi connectivity index (χ0v) is 28.9. The lowest BCUT2D eigenvalue weighted by Crippen LogP contribution is -2.60. The number of carbonyl (C=O) groups excluding carboxylic acids is 4. The lowest BCUT2D eigenvalue weighted by Gasteiger charge is -2.42. The van der Waals surface area contributed by atoms with Gasteiger partial charge in [0.1, 0.15) is 23.7 Å². The van der Waals surface area contributed by atoms with Crippen LogP contribution in [0.4, 0.5) is 0 Å². The number of likely N-dealkylation sites (tertiary alicyclic amines) is 1. The number of hydrogen-bond donors (Lipinski definition) is 2. The Labute approximate surface area is 289 Å². The standard InChI is InChI=1S/C38H51N3O8/c1-24(2)21-27(22-42)41-34-36(45)40(26-15-9-5-10-16-26)20-12-6-11-17-30(43)39-28(23-47-3)33(25-13-7-4-8-14-25)48-37(46)31-29-18-19-38(34,49-29)32(31)35(41)44/h4,6-8,12-14,18-19,24,26-29,31-34,42H,5,9-11,15-17,20-23H2,1-3H3,(H,39,43)/b12-6-/t27-,28-,29+,31-,32-,33-,34+,38-/m1/s1. The lowest BCUT2D eigenvalue weighted by atomic mass is 9.74. The number of esters is 1. The summed E-state index contributed by atoms with van der Waals surface area (Å²) in [6.07, 6.45) is 11.7. The first-order chi connectivity index (χ1) is 23.7. The van der Waals surface area contributed by atoms with Gasteiger partial charge in [0, 0.05) is 26.1 Å². The topological polar surface area (TPSA) is 135 Å². The zero-order chi connectivity index (χ0) is 34.7. The van der Waals surface area contributed by atoms with Crippen LogP contribution in [0.5, 0.6) is 0 Å². The van der Waals surface area contributed by atoms with Crippen LogP contribution in [-0.2, 0) is 33.4 Å². The van der Waals surface area contributed by atoms with Gasteiger partial charge in [0.2, 0.25) is 17.7 Å². The van der Waals surface area contributed by atoms with Crippen LogP contribution in [0.15, 0.2) is 54.6 Å². The van der Waals surface area contributed by atoms with Crippen LogP contribution in [0.25, 0.3) is 0 Å². The number of aliphatic hydroxyl groups is 1. The quantitative estimate of drug-likeness (QED) is 0.316. The van der Waals surface area contributed by atoms with E-state index in [4.69, 9.17) is 14.2 Å². The number of cyclic esters (lactones) is 1. The Morgan fingerprint density at radius 1 is 1.04 bits per heavy atom. The van der Waals surface area contributed by atoms with E-state index >= 15 is 4.79 Å². The molecule has 266 valence electrons. The monoisotopic (exact) mass is 677 g/mol.